The first kappa shape index (κ1) is 18.4. The predicted molar refractivity (Wildman–Crippen MR) is 111 cm³/mol. The fourth-order valence-electron chi connectivity index (χ4n) is 3.59. The molecule has 0 N–H and O–H groups in total. The molecule has 2 aliphatic heterocycles. The van der Waals surface area contributed by atoms with Crippen LogP contribution in [-0.2, 0) is 11.3 Å². The molecular weight excluding hydrogens is 382 g/mol. The third-order valence-corrected chi connectivity index (χ3v) is 5.07. The van der Waals surface area contributed by atoms with E-state index in [0.29, 0.717) is 37.0 Å². The van der Waals surface area contributed by atoms with Gasteiger partial charge in [0.2, 0.25) is 6.10 Å². The number of fused-ring (bicyclic) bond motifs is 2. The molecule has 152 valence electrons. The van der Waals surface area contributed by atoms with E-state index >= 15 is 0 Å². The van der Waals surface area contributed by atoms with E-state index < -0.39 is 6.10 Å². The van der Waals surface area contributed by atoms with Crippen molar-refractivity contribution < 1.29 is 23.7 Å². The van der Waals surface area contributed by atoms with E-state index in [1.807, 2.05) is 72.8 Å². The Kier molecular flexibility index (Phi) is 4.89. The average molecular weight is 403 g/mol. The van der Waals surface area contributed by atoms with Crippen molar-refractivity contribution in [3.63, 3.8) is 0 Å². The van der Waals surface area contributed by atoms with Gasteiger partial charge in [-0.15, -0.1) is 0 Å². The highest BCUT2D eigenvalue weighted by Gasteiger charge is 2.32. The van der Waals surface area contributed by atoms with Crippen LogP contribution < -0.4 is 23.8 Å². The molecule has 0 radical (unpaired) electrons. The Morgan fingerprint density at radius 1 is 0.800 bits per heavy atom. The predicted octanol–water partition coefficient (Wildman–Crippen LogP) is 3.83. The van der Waals surface area contributed by atoms with Crippen LogP contribution in [0.1, 0.15) is 5.56 Å². The molecule has 6 nitrogen and oxygen atoms in total. The van der Waals surface area contributed by atoms with Gasteiger partial charge < -0.3 is 23.8 Å². The Hall–Kier alpha value is -3.67. The molecular formula is C24H21NO5. The minimum absolute atomic E-state index is 0.161. The number of amides is 1. The van der Waals surface area contributed by atoms with Crippen LogP contribution in [0.2, 0.25) is 0 Å². The third kappa shape index (κ3) is 3.64. The van der Waals surface area contributed by atoms with Crippen LogP contribution in [0.3, 0.4) is 0 Å². The quantitative estimate of drug-likeness (QED) is 0.663. The summed E-state index contributed by atoms with van der Waals surface area (Å²) in [4.78, 5) is 15.2. The van der Waals surface area contributed by atoms with E-state index in [0.717, 1.165) is 17.0 Å². The molecule has 0 bridgehead atoms. The second-order valence-electron chi connectivity index (χ2n) is 7.10. The summed E-state index contributed by atoms with van der Waals surface area (Å²) >= 11 is 0. The van der Waals surface area contributed by atoms with Gasteiger partial charge >= 0.3 is 0 Å². The van der Waals surface area contributed by atoms with Crippen molar-refractivity contribution in [2.75, 3.05) is 24.7 Å². The largest absolute Gasteiger partial charge is 0.486 e. The first-order valence-corrected chi connectivity index (χ1v) is 9.91. The first-order valence-electron chi connectivity index (χ1n) is 9.91. The van der Waals surface area contributed by atoms with Gasteiger partial charge in [-0.1, -0.05) is 36.4 Å². The summed E-state index contributed by atoms with van der Waals surface area (Å²) in [5.74, 6) is 2.49. The highest BCUT2D eigenvalue weighted by molar-refractivity contribution is 5.97. The van der Waals surface area contributed by atoms with E-state index in [1.165, 1.54) is 0 Å². The number of nitrogens with zero attached hydrogens (tertiary/aromatic N) is 1. The van der Waals surface area contributed by atoms with Crippen LogP contribution in [0.4, 0.5) is 5.69 Å². The molecule has 2 aliphatic rings. The molecule has 0 aromatic heterocycles. The Balaban J connectivity index is 1.42. The number of carbonyl (C=O) groups excluding carboxylic acids is 1. The van der Waals surface area contributed by atoms with E-state index in [2.05, 4.69) is 0 Å². The van der Waals surface area contributed by atoms with Gasteiger partial charge in [-0.05, 0) is 42.0 Å². The van der Waals surface area contributed by atoms with E-state index in [-0.39, 0.29) is 12.5 Å². The van der Waals surface area contributed by atoms with Gasteiger partial charge in [0.25, 0.3) is 5.91 Å². The zero-order valence-corrected chi connectivity index (χ0v) is 16.3. The number of benzene rings is 3. The number of anilines is 1. The number of para-hydroxylation sites is 3. The summed E-state index contributed by atoms with van der Waals surface area (Å²) in [6, 6.07) is 22.7. The molecule has 30 heavy (non-hydrogen) atoms. The molecule has 1 amide bonds. The van der Waals surface area contributed by atoms with Crippen LogP contribution in [-0.4, -0.2) is 31.8 Å². The van der Waals surface area contributed by atoms with Crippen LogP contribution >= 0.6 is 0 Å². The maximum atomic E-state index is 13.5. The molecule has 0 spiro atoms. The van der Waals surface area contributed by atoms with Crippen LogP contribution in [0.5, 0.6) is 23.0 Å². The fourth-order valence-corrected chi connectivity index (χ4v) is 3.59. The lowest BCUT2D eigenvalue weighted by Gasteiger charge is -2.31. The molecule has 0 saturated carbocycles. The van der Waals surface area contributed by atoms with Crippen molar-refractivity contribution >= 4 is 11.6 Å². The van der Waals surface area contributed by atoms with Gasteiger partial charge in [-0.2, -0.15) is 0 Å². The second-order valence-corrected chi connectivity index (χ2v) is 7.10. The highest BCUT2D eigenvalue weighted by atomic mass is 16.6. The highest BCUT2D eigenvalue weighted by Crippen LogP contribution is 2.34. The summed E-state index contributed by atoms with van der Waals surface area (Å²) in [5, 5.41) is 0. The number of ether oxygens (including phenoxy) is 4. The molecule has 3 aromatic carbocycles. The number of hydrogen-bond acceptors (Lipinski definition) is 5. The van der Waals surface area contributed by atoms with Crippen molar-refractivity contribution in [3.05, 3.63) is 78.4 Å². The summed E-state index contributed by atoms with van der Waals surface area (Å²) in [6.45, 7) is 1.60. The summed E-state index contributed by atoms with van der Waals surface area (Å²) < 4.78 is 23.0. The maximum absolute atomic E-state index is 13.5. The SMILES string of the molecule is O=C(C1COc2ccccc2O1)N(Cc1ccc2c(c1)OCCO2)c1ccccc1. The van der Waals surface area contributed by atoms with Gasteiger partial charge in [0.1, 0.15) is 19.8 Å². The molecule has 0 saturated heterocycles. The lowest BCUT2D eigenvalue weighted by molar-refractivity contribution is -0.127. The summed E-state index contributed by atoms with van der Waals surface area (Å²) in [6.07, 6.45) is -0.725. The van der Waals surface area contributed by atoms with Crippen LogP contribution in [0.25, 0.3) is 0 Å². The van der Waals surface area contributed by atoms with Crippen molar-refractivity contribution in [1.82, 2.24) is 0 Å². The molecule has 2 heterocycles. The van der Waals surface area contributed by atoms with Crippen LogP contribution in [0.15, 0.2) is 72.8 Å². The smallest absolute Gasteiger partial charge is 0.271 e. The number of rotatable bonds is 4. The third-order valence-electron chi connectivity index (χ3n) is 5.07. The molecule has 3 aromatic rings. The van der Waals surface area contributed by atoms with E-state index in [9.17, 15) is 4.79 Å². The number of hydrogen-bond donors (Lipinski definition) is 0. The fraction of sp³-hybridized carbons (Fsp3) is 0.208. The van der Waals surface area contributed by atoms with Crippen LogP contribution in [0, 0.1) is 0 Å². The van der Waals surface area contributed by atoms with E-state index in [4.69, 9.17) is 18.9 Å². The second kappa shape index (κ2) is 7.99. The van der Waals surface area contributed by atoms with Gasteiger partial charge in [0, 0.05) is 5.69 Å². The van der Waals surface area contributed by atoms with E-state index in [1.54, 1.807) is 4.90 Å². The Morgan fingerprint density at radius 2 is 1.50 bits per heavy atom. The van der Waals surface area contributed by atoms with Gasteiger partial charge in [0.05, 0.1) is 6.54 Å². The van der Waals surface area contributed by atoms with Gasteiger partial charge in [-0.3, -0.25) is 4.79 Å². The van der Waals surface area contributed by atoms with Crippen molar-refractivity contribution in [3.8, 4) is 23.0 Å². The van der Waals surface area contributed by atoms with Gasteiger partial charge in [0.15, 0.2) is 23.0 Å². The van der Waals surface area contributed by atoms with Crippen molar-refractivity contribution in [1.29, 1.82) is 0 Å². The maximum Gasteiger partial charge on any atom is 0.271 e. The zero-order valence-electron chi connectivity index (χ0n) is 16.3. The molecule has 1 atom stereocenters. The van der Waals surface area contributed by atoms with Gasteiger partial charge in [-0.25, -0.2) is 0 Å². The zero-order chi connectivity index (χ0) is 20.3. The lowest BCUT2D eigenvalue weighted by atomic mass is 10.1. The standard InChI is InChI=1S/C24H21NO5/c26-24(23-16-29-19-8-4-5-9-21(19)30-23)25(18-6-2-1-3-7-18)15-17-10-11-20-22(14-17)28-13-12-27-20/h1-11,14,23H,12-13,15-16H2. The summed E-state index contributed by atoms with van der Waals surface area (Å²) in [7, 11) is 0. The Morgan fingerprint density at radius 3 is 2.33 bits per heavy atom. The topological polar surface area (TPSA) is 57.2 Å². The molecule has 1 unspecified atom stereocenters. The molecule has 5 rings (SSSR count). The monoisotopic (exact) mass is 403 g/mol. The Bertz CT molecular complexity index is 1050. The first-order chi connectivity index (χ1) is 14.8. The normalized spacial score (nSPS) is 16.6. The lowest BCUT2D eigenvalue weighted by Crippen LogP contribution is -2.46. The van der Waals surface area contributed by atoms with Crippen molar-refractivity contribution in [2.24, 2.45) is 0 Å². The molecule has 6 heteroatoms. The molecule has 0 fully saturated rings. The minimum atomic E-state index is -0.725. The summed E-state index contributed by atoms with van der Waals surface area (Å²) in [5.41, 5.74) is 1.73. The van der Waals surface area contributed by atoms with Crippen molar-refractivity contribution in [2.45, 2.75) is 12.6 Å². The minimum Gasteiger partial charge on any atom is -0.486 e. The number of carbonyl (C=O) groups is 1. The Labute approximate surface area is 174 Å². The average Bonchev–Trinajstić information content (AvgIpc) is 2.82. The molecule has 0 aliphatic carbocycles.